The van der Waals surface area contributed by atoms with Gasteiger partial charge in [0.25, 0.3) is 5.54 Å². The Morgan fingerprint density at radius 1 is 1.09 bits per heavy atom. The van der Waals surface area contributed by atoms with Gasteiger partial charge in [-0.25, -0.2) is 0 Å². The standard InChI is InChI=1S/C17H12ClNO3/c18-16(20)15-9-12-10-5-1-3-7-13(10)17(15,19(21)22)14-8-4-2-6-11(12)14/h1-8,12,15H,9H2/t12?,15-,17?/m0/s1. The minimum atomic E-state index is -1.57. The summed E-state index contributed by atoms with van der Waals surface area (Å²) < 4.78 is 0. The van der Waals surface area contributed by atoms with E-state index in [9.17, 15) is 14.9 Å². The third kappa shape index (κ3) is 1.40. The molecule has 22 heavy (non-hydrogen) atoms. The monoisotopic (exact) mass is 313 g/mol. The van der Waals surface area contributed by atoms with E-state index < -0.39 is 16.7 Å². The van der Waals surface area contributed by atoms with Crippen molar-refractivity contribution in [3.05, 3.63) is 80.9 Å². The van der Waals surface area contributed by atoms with Crippen LogP contribution >= 0.6 is 11.6 Å². The van der Waals surface area contributed by atoms with Crippen LogP contribution in [0.3, 0.4) is 0 Å². The van der Waals surface area contributed by atoms with E-state index in [-0.39, 0.29) is 10.8 Å². The molecule has 0 radical (unpaired) electrons. The maximum atomic E-state index is 12.2. The lowest BCUT2D eigenvalue weighted by Gasteiger charge is -2.46. The van der Waals surface area contributed by atoms with E-state index in [2.05, 4.69) is 0 Å². The van der Waals surface area contributed by atoms with Gasteiger partial charge in [0.1, 0.15) is 5.92 Å². The van der Waals surface area contributed by atoms with Crippen LogP contribution in [-0.2, 0) is 10.3 Å². The summed E-state index contributed by atoms with van der Waals surface area (Å²) in [6, 6.07) is 14.7. The van der Waals surface area contributed by atoms with Gasteiger partial charge in [0.2, 0.25) is 5.24 Å². The SMILES string of the molecule is O=C(Cl)[C@@H]1CC2c3ccccc3C1([N+](=O)[O-])c1ccccc12. The summed E-state index contributed by atoms with van der Waals surface area (Å²) in [4.78, 5) is 23.8. The summed E-state index contributed by atoms with van der Waals surface area (Å²) in [5, 5.41) is 11.5. The minimum absolute atomic E-state index is 0.0121. The molecule has 2 aromatic carbocycles. The van der Waals surface area contributed by atoms with Crippen molar-refractivity contribution in [3.63, 3.8) is 0 Å². The Kier molecular flexibility index (Phi) is 2.69. The third-order valence-corrected chi connectivity index (χ3v) is 5.29. The number of rotatable bonds is 2. The fourth-order valence-corrected chi connectivity index (χ4v) is 4.47. The molecule has 5 rings (SSSR count). The Labute approximate surface area is 131 Å². The van der Waals surface area contributed by atoms with Gasteiger partial charge in [0, 0.05) is 22.0 Å². The minimum Gasteiger partial charge on any atom is -0.281 e. The van der Waals surface area contributed by atoms with E-state index in [1.54, 1.807) is 24.3 Å². The first-order valence-corrected chi connectivity index (χ1v) is 7.49. The molecule has 3 aliphatic rings. The van der Waals surface area contributed by atoms with Crippen molar-refractivity contribution in [2.75, 3.05) is 0 Å². The number of hydrogen-bond donors (Lipinski definition) is 0. The van der Waals surface area contributed by atoms with Crippen molar-refractivity contribution in [1.29, 1.82) is 0 Å². The average Bonchev–Trinajstić information content (AvgIpc) is 2.54. The van der Waals surface area contributed by atoms with E-state index in [1.807, 2.05) is 24.3 Å². The smallest absolute Gasteiger partial charge is 0.281 e. The quantitative estimate of drug-likeness (QED) is 0.485. The number of halogens is 1. The van der Waals surface area contributed by atoms with Crippen LogP contribution in [0.25, 0.3) is 0 Å². The first kappa shape index (κ1) is 13.5. The Hall–Kier alpha value is -2.20. The summed E-state index contributed by atoms with van der Waals surface area (Å²) in [5.74, 6) is -0.846. The van der Waals surface area contributed by atoms with Crippen molar-refractivity contribution in [2.24, 2.45) is 5.92 Å². The molecule has 110 valence electrons. The molecule has 3 aliphatic carbocycles. The Balaban J connectivity index is 2.16. The fraction of sp³-hybridized carbons (Fsp3) is 0.235. The molecular weight excluding hydrogens is 302 g/mol. The molecule has 2 bridgehead atoms. The lowest BCUT2D eigenvalue weighted by atomic mass is 9.55. The zero-order chi connectivity index (χ0) is 15.5. The summed E-state index contributed by atoms with van der Waals surface area (Å²) in [6.07, 6.45) is 0.386. The van der Waals surface area contributed by atoms with E-state index >= 15 is 0 Å². The van der Waals surface area contributed by atoms with Crippen LogP contribution < -0.4 is 0 Å². The summed E-state index contributed by atoms with van der Waals surface area (Å²) in [5.41, 5.74) is 1.52. The molecule has 0 spiro atoms. The van der Waals surface area contributed by atoms with Crippen molar-refractivity contribution >= 4 is 16.8 Å². The number of benzene rings is 2. The average molecular weight is 314 g/mol. The number of carbonyl (C=O) groups excluding carboxylic acids is 1. The first-order valence-electron chi connectivity index (χ1n) is 7.11. The van der Waals surface area contributed by atoms with E-state index in [0.717, 1.165) is 11.1 Å². The highest BCUT2D eigenvalue weighted by Gasteiger charge is 2.65. The molecule has 5 heteroatoms. The maximum absolute atomic E-state index is 12.2. The lowest BCUT2D eigenvalue weighted by molar-refractivity contribution is -0.577. The van der Waals surface area contributed by atoms with E-state index in [4.69, 9.17) is 11.6 Å². The molecule has 4 nitrogen and oxygen atoms in total. The van der Waals surface area contributed by atoms with E-state index in [0.29, 0.717) is 17.5 Å². The molecule has 0 aliphatic heterocycles. The third-order valence-electron chi connectivity index (χ3n) is 5.03. The van der Waals surface area contributed by atoms with Gasteiger partial charge in [-0.05, 0) is 29.1 Å². The Morgan fingerprint density at radius 3 is 2.05 bits per heavy atom. The van der Waals surface area contributed by atoms with Crippen molar-refractivity contribution in [3.8, 4) is 0 Å². The lowest BCUT2D eigenvalue weighted by Crippen LogP contribution is -2.54. The zero-order valence-corrected chi connectivity index (χ0v) is 12.3. The number of fused-ring (bicyclic) bond motifs is 1. The largest absolute Gasteiger partial charge is 0.283 e. The molecule has 0 N–H and O–H groups in total. The van der Waals surface area contributed by atoms with Gasteiger partial charge in [0.05, 0.1) is 0 Å². The highest BCUT2D eigenvalue weighted by atomic mass is 35.5. The van der Waals surface area contributed by atoms with Crippen molar-refractivity contribution in [1.82, 2.24) is 0 Å². The van der Waals surface area contributed by atoms with Gasteiger partial charge in [-0.15, -0.1) is 0 Å². The van der Waals surface area contributed by atoms with Crippen LogP contribution in [0.1, 0.15) is 34.6 Å². The molecular formula is C17H12ClNO3. The molecule has 1 atom stereocenters. The second kappa shape index (κ2) is 4.40. The van der Waals surface area contributed by atoms with Crippen molar-refractivity contribution < 1.29 is 9.72 Å². The predicted octanol–water partition coefficient (Wildman–Crippen LogP) is 3.44. The Morgan fingerprint density at radius 2 is 1.59 bits per heavy atom. The zero-order valence-electron chi connectivity index (χ0n) is 11.5. The van der Waals surface area contributed by atoms with Gasteiger partial charge in [0.15, 0.2) is 0 Å². The number of hydrogen-bond acceptors (Lipinski definition) is 3. The first-order chi connectivity index (χ1) is 10.6. The second-order valence-electron chi connectivity index (χ2n) is 5.84. The van der Waals surface area contributed by atoms with E-state index in [1.165, 1.54) is 0 Å². The number of nitrogens with zero attached hydrogens (tertiary/aromatic N) is 1. The summed E-state index contributed by atoms with van der Waals surface area (Å²) >= 11 is 5.77. The molecule has 2 aromatic rings. The van der Waals surface area contributed by atoms with Gasteiger partial charge < -0.3 is 0 Å². The number of nitro groups is 1. The number of carbonyl (C=O) groups is 1. The van der Waals surface area contributed by atoms with Gasteiger partial charge in [-0.1, -0.05) is 48.5 Å². The normalized spacial score (nSPS) is 27.9. The molecule has 0 amide bonds. The van der Waals surface area contributed by atoms with Crippen LogP contribution in [0.5, 0.6) is 0 Å². The van der Waals surface area contributed by atoms with Crippen LogP contribution in [-0.4, -0.2) is 10.2 Å². The van der Waals surface area contributed by atoms with Crippen LogP contribution in [0.4, 0.5) is 0 Å². The highest BCUT2D eigenvalue weighted by Crippen LogP contribution is 2.59. The maximum Gasteiger partial charge on any atom is 0.283 e. The Bertz CT molecular complexity index is 770. The van der Waals surface area contributed by atoms with Crippen LogP contribution in [0, 0.1) is 16.0 Å². The van der Waals surface area contributed by atoms with Gasteiger partial charge in [-0.2, -0.15) is 0 Å². The van der Waals surface area contributed by atoms with Crippen LogP contribution in [0.15, 0.2) is 48.5 Å². The van der Waals surface area contributed by atoms with Gasteiger partial charge in [-0.3, -0.25) is 14.9 Å². The summed E-state index contributed by atoms with van der Waals surface area (Å²) in [6.45, 7) is 0. The highest BCUT2D eigenvalue weighted by molar-refractivity contribution is 6.64. The van der Waals surface area contributed by atoms with Gasteiger partial charge >= 0.3 is 0 Å². The molecule has 0 unspecified atom stereocenters. The molecule has 0 saturated heterocycles. The fourth-order valence-electron chi connectivity index (χ4n) is 4.22. The van der Waals surface area contributed by atoms with Crippen LogP contribution in [0.2, 0.25) is 0 Å². The topological polar surface area (TPSA) is 60.2 Å². The molecule has 0 heterocycles. The molecule has 0 fully saturated rings. The second-order valence-corrected chi connectivity index (χ2v) is 6.22. The molecule has 0 aromatic heterocycles. The predicted molar refractivity (Wildman–Crippen MR) is 81.5 cm³/mol. The summed E-state index contributed by atoms with van der Waals surface area (Å²) in [7, 11) is 0. The van der Waals surface area contributed by atoms with Crippen molar-refractivity contribution in [2.45, 2.75) is 17.9 Å². The molecule has 0 saturated carbocycles.